The second-order valence-corrected chi connectivity index (χ2v) is 10.7. The lowest BCUT2D eigenvalue weighted by Gasteiger charge is -2.22. The molecule has 8 nitrogen and oxygen atoms in total. The number of amides is 1. The molecule has 0 aliphatic carbocycles. The molecule has 0 bridgehead atoms. The molecule has 1 saturated heterocycles. The summed E-state index contributed by atoms with van der Waals surface area (Å²) in [5, 5.41) is 6.98. The first-order valence-corrected chi connectivity index (χ1v) is 12.0. The largest absolute Gasteiger partial charge is 0.351 e. The van der Waals surface area contributed by atoms with Crippen molar-refractivity contribution in [3.8, 4) is 0 Å². The Kier molecular flexibility index (Phi) is 5.98. The summed E-state index contributed by atoms with van der Waals surface area (Å²) in [7, 11) is -3.65. The average molecular weight is 446 g/mol. The van der Waals surface area contributed by atoms with Crippen LogP contribution in [0.1, 0.15) is 28.8 Å². The molecule has 10 heteroatoms. The molecular formula is C20H23N5O3S2. The van der Waals surface area contributed by atoms with Gasteiger partial charge in [-0.2, -0.15) is 9.40 Å². The summed E-state index contributed by atoms with van der Waals surface area (Å²) < 4.78 is 29.3. The molecule has 0 radical (unpaired) electrons. The third-order valence-corrected chi connectivity index (χ3v) is 8.46. The lowest BCUT2D eigenvalue weighted by Crippen LogP contribution is -2.45. The first-order valence-electron chi connectivity index (χ1n) is 9.70. The minimum Gasteiger partial charge on any atom is -0.351 e. The molecule has 3 aromatic rings. The summed E-state index contributed by atoms with van der Waals surface area (Å²) >= 11 is 1.24. The number of hydrogen-bond acceptors (Lipinski definition) is 6. The molecule has 3 heterocycles. The van der Waals surface area contributed by atoms with E-state index < -0.39 is 16.1 Å². The van der Waals surface area contributed by atoms with Crippen LogP contribution in [0.4, 0.5) is 0 Å². The SMILES string of the molecule is Cc1ccc(S(=O)(=O)N2CCC[C@H]2C(=O)NCc2ccc(Cn3cncn3)cc2)s1. The van der Waals surface area contributed by atoms with Crippen molar-refractivity contribution in [3.63, 3.8) is 0 Å². The number of hydrogen-bond donors (Lipinski definition) is 1. The number of thiophene rings is 1. The van der Waals surface area contributed by atoms with Gasteiger partial charge in [0, 0.05) is 18.0 Å². The van der Waals surface area contributed by atoms with Crippen LogP contribution in [0.15, 0.2) is 53.3 Å². The lowest BCUT2D eigenvalue weighted by molar-refractivity contribution is -0.124. The molecule has 1 aromatic carbocycles. The van der Waals surface area contributed by atoms with Gasteiger partial charge in [0.1, 0.15) is 22.9 Å². The fourth-order valence-electron chi connectivity index (χ4n) is 3.53. The van der Waals surface area contributed by atoms with Crippen molar-refractivity contribution in [2.45, 2.75) is 43.1 Å². The van der Waals surface area contributed by atoms with E-state index in [4.69, 9.17) is 0 Å². The summed E-state index contributed by atoms with van der Waals surface area (Å²) in [5.41, 5.74) is 2.03. The number of aromatic nitrogens is 3. The molecule has 30 heavy (non-hydrogen) atoms. The Bertz CT molecular complexity index is 1110. The Morgan fingerprint density at radius 3 is 2.63 bits per heavy atom. The van der Waals surface area contributed by atoms with Gasteiger partial charge < -0.3 is 5.32 Å². The van der Waals surface area contributed by atoms with Crippen molar-refractivity contribution < 1.29 is 13.2 Å². The summed E-state index contributed by atoms with van der Waals surface area (Å²) in [6.45, 7) is 3.22. The van der Waals surface area contributed by atoms with Crippen LogP contribution in [0.25, 0.3) is 0 Å². The van der Waals surface area contributed by atoms with Gasteiger partial charge in [-0.1, -0.05) is 24.3 Å². The summed E-state index contributed by atoms with van der Waals surface area (Å²) in [6, 6.07) is 10.6. The maximum atomic E-state index is 12.9. The zero-order valence-electron chi connectivity index (χ0n) is 16.6. The molecule has 1 amide bonds. The van der Waals surface area contributed by atoms with E-state index in [1.54, 1.807) is 23.1 Å². The summed E-state index contributed by atoms with van der Waals surface area (Å²) in [4.78, 5) is 17.6. The Morgan fingerprint density at radius 1 is 1.20 bits per heavy atom. The van der Waals surface area contributed by atoms with E-state index in [1.165, 1.54) is 22.0 Å². The molecule has 4 rings (SSSR count). The van der Waals surface area contributed by atoms with Gasteiger partial charge in [-0.05, 0) is 43.0 Å². The van der Waals surface area contributed by atoms with E-state index in [0.29, 0.717) is 36.7 Å². The molecule has 158 valence electrons. The number of nitrogens with zero attached hydrogens (tertiary/aromatic N) is 4. The van der Waals surface area contributed by atoms with Crippen molar-refractivity contribution in [1.82, 2.24) is 24.4 Å². The predicted octanol–water partition coefficient (Wildman–Crippen LogP) is 2.17. The first kappa shape index (κ1) is 20.7. The monoisotopic (exact) mass is 445 g/mol. The van der Waals surface area contributed by atoms with E-state index in [0.717, 1.165) is 16.0 Å². The first-order chi connectivity index (χ1) is 14.4. The second kappa shape index (κ2) is 8.66. The van der Waals surface area contributed by atoms with E-state index in [-0.39, 0.29) is 5.91 Å². The van der Waals surface area contributed by atoms with Crippen LogP contribution in [0, 0.1) is 6.92 Å². The van der Waals surface area contributed by atoms with E-state index in [9.17, 15) is 13.2 Å². The standard InChI is InChI=1S/C20H23N5O3S2/c1-15-4-9-19(29-15)30(27,28)25-10-2-3-18(25)20(26)22-11-16-5-7-17(8-6-16)12-24-14-21-13-23-24/h4-9,13-14,18H,2-3,10-12H2,1H3,(H,22,26)/t18-/m0/s1. The van der Waals surface area contributed by atoms with Gasteiger partial charge in [0.25, 0.3) is 10.0 Å². The smallest absolute Gasteiger partial charge is 0.253 e. The third kappa shape index (κ3) is 4.45. The van der Waals surface area contributed by atoms with Crippen LogP contribution in [0.2, 0.25) is 0 Å². The van der Waals surface area contributed by atoms with Crippen LogP contribution in [-0.2, 0) is 27.9 Å². The Labute approximate surface area is 179 Å². The number of sulfonamides is 1. The molecule has 1 aliphatic rings. The quantitative estimate of drug-likeness (QED) is 0.601. The van der Waals surface area contributed by atoms with E-state index in [1.807, 2.05) is 31.2 Å². The fourth-order valence-corrected chi connectivity index (χ4v) is 6.60. The van der Waals surface area contributed by atoms with Crippen LogP contribution >= 0.6 is 11.3 Å². The summed E-state index contributed by atoms with van der Waals surface area (Å²) in [5.74, 6) is -0.254. The molecule has 1 aliphatic heterocycles. The van der Waals surface area contributed by atoms with Crippen molar-refractivity contribution in [2.75, 3.05) is 6.54 Å². The molecule has 1 fully saturated rings. The molecule has 1 N–H and O–H groups in total. The zero-order valence-corrected chi connectivity index (χ0v) is 18.2. The highest BCUT2D eigenvalue weighted by Gasteiger charge is 2.39. The highest BCUT2D eigenvalue weighted by molar-refractivity contribution is 7.91. The Hall–Kier alpha value is -2.56. The normalized spacial score (nSPS) is 17.3. The number of nitrogens with one attached hydrogen (secondary N) is 1. The van der Waals surface area contributed by atoms with Crippen molar-refractivity contribution in [3.05, 3.63) is 65.1 Å². The molecule has 1 atom stereocenters. The number of benzene rings is 1. The van der Waals surface area contributed by atoms with Crippen LogP contribution < -0.4 is 5.32 Å². The highest BCUT2D eigenvalue weighted by atomic mass is 32.2. The number of carbonyl (C=O) groups is 1. The fraction of sp³-hybridized carbons (Fsp3) is 0.350. The Balaban J connectivity index is 1.37. The predicted molar refractivity (Wildman–Crippen MR) is 113 cm³/mol. The third-order valence-electron chi connectivity index (χ3n) is 5.09. The van der Waals surface area contributed by atoms with Gasteiger partial charge in [-0.25, -0.2) is 18.1 Å². The minimum atomic E-state index is -3.65. The van der Waals surface area contributed by atoms with Crippen molar-refractivity contribution in [1.29, 1.82) is 0 Å². The molecule has 0 unspecified atom stereocenters. The average Bonchev–Trinajstić information content (AvgIpc) is 3.49. The molecule has 0 spiro atoms. The minimum absolute atomic E-state index is 0.254. The molecular weight excluding hydrogens is 422 g/mol. The van der Waals surface area contributed by atoms with Gasteiger partial charge in [-0.15, -0.1) is 11.3 Å². The van der Waals surface area contributed by atoms with E-state index in [2.05, 4.69) is 15.4 Å². The topological polar surface area (TPSA) is 97.2 Å². The molecule has 2 aromatic heterocycles. The van der Waals surface area contributed by atoms with Crippen molar-refractivity contribution >= 4 is 27.3 Å². The van der Waals surface area contributed by atoms with Crippen LogP contribution in [0.5, 0.6) is 0 Å². The maximum Gasteiger partial charge on any atom is 0.253 e. The van der Waals surface area contributed by atoms with Crippen molar-refractivity contribution in [2.24, 2.45) is 0 Å². The highest BCUT2D eigenvalue weighted by Crippen LogP contribution is 2.30. The van der Waals surface area contributed by atoms with Gasteiger partial charge in [0.2, 0.25) is 5.91 Å². The van der Waals surface area contributed by atoms with Gasteiger partial charge in [0.05, 0.1) is 6.54 Å². The second-order valence-electron chi connectivity index (χ2n) is 7.27. The lowest BCUT2D eigenvalue weighted by atomic mass is 10.1. The number of rotatable bonds is 7. The number of aryl methyl sites for hydroxylation is 1. The number of carbonyl (C=O) groups excluding carboxylic acids is 1. The van der Waals surface area contributed by atoms with Gasteiger partial charge >= 0.3 is 0 Å². The van der Waals surface area contributed by atoms with E-state index >= 15 is 0 Å². The summed E-state index contributed by atoms with van der Waals surface area (Å²) in [6.07, 6.45) is 4.37. The van der Waals surface area contributed by atoms with Crippen LogP contribution in [0.3, 0.4) is 0 Å². The van der Waals surface area contributed by atoms with Crippen LogP contribution in [-0.4, -0.2) is 46.0 Å². The Morgan fingerprint density at radius 2 is 1.97 bits per heavy atom. The molecule has 0 saturated carbocycles. The zero-order chi connectivity index (χ0) is 21.1. The van der Waals surface area contributed by atoms with Gasteiger partial charge in [-0.3, -0.25) is 4.79 Å². The maximum absolute atomic E-state index is 12.9. The van der Waals surface area contributed by atoms with Gasteiger partial charge in [0.15, 0.2) is 0 Å².